The molecule has 0 aliphatic carbocycles. The summed E-state index contributed by atoms with van der Waals surface area (Å²) < 4.78 is 15.2. The van der Waals surface area contributed by atoms with Crippen LogP contribution in [0.2, 0.25) is 0 Å². The van der Waals surface area contributed by atoms with Crippen molar-refractivity contribution in [3.63, 3.8) is 0 Å². The highest BCUT2D eigenvalue weighted by Crippen LogP contribution is 2.01. The van der Waals surface area contributed by atoms with Crippen LogP contribution in [-0.4, -0.2) is 16.7 Å². The highest BCUT2D eigenvalue weighted by molar-refractivity contribution is 7.98. The van der Waals surface area contributed by atoms with Crippen molar-refractivity contribution in [2.24, 2.45) is 0 Å². The Bertz CT molecular complexity index is 176. The maximum Gasteiger partial charge on any atom is 0.0992 e. The Morgan fingerprint density at radius 2 is 2.57 bits per heavy atom. The molecule has 40 valence electrons. The molecule has 2 nitrogen and oxygen atoms in total. The molecule has 0 spiro atoms. The second kappa shape index (κ2) is 1.35. The Morgan fingerprint density at radius 1 is 1.86 bits per heavy atom. The molecule has 1 unspecified atom stereocenters. The van der Waals surface area contributed by atoms with Crippen molar-refractivity contribution in [3.8, 4) is 0 Å². The van der Waals surface area contributed by atoms with Crippen LogP contribution in [0.5, 0.6) is 0 Å². The normalized spacial score (nSPS) is 39.4. The molecule has 1 atom stereocenters. The van der Waals surface area contributed by atoms with Crippen LogP contribution in [0.3, 0.4) is 0 Å². The molecular weight excluding hydrogens is 112 g/mol. The molecule has 0 aromatic heterocycles. The summed E-state index contributed by atoms with van der Waals surface area (Å²) in [4.78, 5) is 0. The van der Waals surface area contributed by atoms with E-state index in [4.69, 9.17) is 0 Å². The molecular formula is C4H6O2S. The van der Waals surface area contributed by atoms with Crippen LogP contribution in [0.4, 0.5) is 0 Å². The lowest BCUT2D eigenvalue weighted by atomic mass is 10.7. The van der Waals surface area contributed by atoms with Crippen LogP contribution in [0, 0.1) is 0 Å². The Balaban J connectivity index is 2.99. The third-order valence-electron chi connectivity index (χ3n) is 0.667. The lowest BCUT2D eigenvalue weighted by Crippen LogP contribution is -1.91. The third-order valence-corrected chi connectivity index (χ3v) is 1.81. The van der Waals surface area contributed by atoms with Crippen molar-refractivity contribution in [3.05, 3.63) is 11.5 Å². The average Bonchev–Trinajstić information content (AvgIpc) is 1.84. The molecule has 0 radical (unpaired) electrons. The second-order valence-corrected chi connectivity index (χ2v) is 3.15. The molecule has 1 aliphatic heterocycles. The van der Waals surface area contributed by atoms with Crippen molar-refractivity contribution in [1.82, 2.24) is 0 Å². The van der Waals surface area contributed by atoms with E-state index in [1.165, 1.54) is 5.41 Å². The summed E-state index contributed by atoms with van der Waals surface area (Å²) in [5, 5.41) is 1.49. The minimum absolute atomic E-state index is 0.447. The molecule has 0 aromatic carbocycles. The lowest BCUT2D eigenvalue weighted by Gasteiger charge is -1.90. The van der Waals surface area contributed by atoms with Gasteiger partial charge in [-0.2, -0.15) is 0 Å². The van der Waals surface area contributed by atoms with E-state index in [1.807, 2.05) is 0 Å². The predicted octanol–water partition coefficient (Wildman–Crippen LogP) is 0.162. The van der Waals surface area contributed by atoms with E-state index in [-0.39, 0.29) is 0 Å². The topological polar surface area (TPSA) is 26.3 Å². The van der Waals surface area contributed by atoms with Gasteiger partial charge in [0, 0.05) is 5.41 Å². The van der Waals surface area contributed by atoms with Gasteiger partial charge in [-0.25, -0.2) is 4.21 Å². The number of hydrogen-bond donors (Lipinski definition) is 0. The molecule has 0 fully saturated rings. The molecule has 1 aliphatic rings. The molecule has 0 N–H and O–H groups in total. The number of rotatable bonds is 0. The predicted molar refractivity (Wildman–Crippen MR) is 30.4 cm³/mol. The summed E-state index contributed by atoms with van der Waals surface area (Å²) in [6.07, 6.45) is 1.70. The van der Waals surface area contributed by atoms with Gasteiger partial charge in [0.15, 0.2) is 0 Å². The van der Waals surface area contributed by atoms with Crippen LogP contribution >= 0.6 is 0 Å². The van der Waals surface area contributed by atoms with E-state index in [1.54, 1.807) is 6.08 Å². The quantitative estimate of drug-likeness (QED) is 0.423. The monoisotopic (exact) mass is 118 g/mol. The number of hydrogen-bond acceptors (Lipinski definition) is 2. The maximum absolute atomic E-state index is 10.6. The van der Waals surface area contributed by atoms with Gasteiger partial charge >= 0.3 is 0 Å². The average molecular weight is 118 g/mol. The van der Waals surface area contributed by atoms with Gasteiger partial charge in [-0.3, -0.25) is 4.18 Å². The van der Waals surface area contributed by atoms with Crippen LogP contribution in [0.25, 0.3) is 0 Å². The molecule has 7 heavy (non-hydrogen) atoms. The summed E-state index contributed by atoms with van der Waals surface area (Å²) in [5.41, 5.74) is 0. The lowest BCUT2D eigenvalue weighted by molar-refractivity contribution is 0.408. The fourth-order valence-corrected chi connectivity index (χ4v) is 1.14. The zero-order valence-electron chi connectivity index (χ0n) is 3.79. The molecule has 0 saturated carbocycles. The van der Waals surface area contributed by atoms with Crippen LogP contribution < -0.4 is 0 Å². The summed E-state index contributed by atoms with van der Waals surface area (Å²) in [5.74, 6) is 3.29. The smallest absolute Gasteiger partial charge is 0.0992 e. The van der Waals surface area contributed by atoms with Gasteiger partial charge in [0.05, 0.1) is 16.4 Å². The van der Waals surface area contributed by atoms with E-state index in [0.717, 1.165) is 0 Å². The summed E-state index contributed by atoms with van der Waals surface area (Å²) in [6.45, 7) is 0.447. The zero-order valence-corrected chi connectivity index (χ0v) is 4.61. The highest BCUT2D eigenvalue weighted by atomic mass is 32.2. The minimum atomic E-state index is -2.23. The van der Waals surface area contributed by atoms with Gasteiger partial charge in [-0.15, -0.1) is 0 Å². The largest absolute Gasteiger partial charge is 0.291 e. The van der Waals surface area contributed by atoms with Crippen molar-refractivity contribution in [2.45, 2.75) is 0 Å². The Hall–Kier alpha value is -0.280. The summed E-state index contributed by atoms with van der Waals surface area (Å²) in [6, 6.07) is 0. The van der Waals surface area contributed by atoms with E-state index >= 15 is 0 Å². The Morgan fingerprint density at radius 3 is 2.71 bits per heavy atom. The second-order valence-electron chi connectivity index (χ2n) is 1.32. The van der Waals surface area contributed by atoms with Crippen molar-refractivity contribution >= 4 is 15.7 Å². The standard InChI is InChI=1S/C4H6O2S/c1-7(5)4-2-3-6-7/h2,4H,1,3H2. The molecule has 1 heterocycles. The fourth-order valence-electron chi connectivity index (χ4n) is 0.380. The van der Waals surface area contributed by atoms with Gasteiger partial charge in [-0.05, 0) is 11.9 Å². The first-order valence-electron chi connectivity index (χ1n) is 1.89. The van der Waals surface area contributed by atoms with Crippen molar-refractivity contribution < 1.29 is 8.39 Å². The van der Waals surface area contributed by atoms with Crippen molar-refractivity contribution in [2.75, 3.05) is 6.61 Å². The zero-order chi connectivity index (χ0) is 5.33. The molecule has 3 heteroatoms. The van der Waals surface area contributed by atoms with Gasteiger partial charge in [0.2, 0.25) is 0 Å². The van der Waals surface area contributed by atoms with E-state index in [9.17, 15) is 4.21 Å². The minimum Gasteiger partial charge on any atom is -0.291 e. The molecule has 0 aromatic rings. The van der Waals surface area contributed by atoms with E-state index in [0.29, 0.717) is 6.61 Å². The van der Waals surface area contributed by atoms with Crippen LogP contribution in [0.1, 0.15) is 0 Å². The fraction of sp³-hybridized carbons (Fsp3) is 0.250. The SMILES string of the molecule is C=S1(=O)C=CCO1. The first-order chi connectivity index (χ1) is 3.21. The molecule has 0 amide bonds. The molecule has 0 bridgehead atoms. The van der Waals surface area contributed by atoms with Gasteiger partial charge in [-0.1, -0.05) is 0 Å². The summed E-state index contributed by atoms with van der Waals surface area (Å²) >= 11 is 0. The van der Waals surface area contributed by atoms with E-state index < -0.39 is 9.80 Å². The Labute approximate surface area is 43.0 Å². The third kappa shape index (κ3) is 1.04. The van der Waals surface area contributed by atoms with Crippen molar-refractivity contribution in [1.29, 1.82) is 0 Å². The van der Waals surface area contributed by atoms with Gasteiger partial charge < -0.3 is 0 Å². The van der Waals surface area contributed by atoms with Gasteiger partial charge in [0.1, 0.15) is 0 Å². The highest BCUT2D eigenvalue weighted by Gasteiger charge is 2.01. The van der Waals surface area contributed by atoms with Gasteiger partial charge in [0.25, 0.3) is 0 Å². The summed E-state index contributed by atoms with van der Waals surface area (Å²) in [7, 11) is -2.23. The first kappa shape index (κ1) is 4.87. The molecule has 0 saturated heterocycles. The Kier molecular flexibility index (Phi) is 0.938. The molecule has 1 rings (SSSR count). The van der Waals surface area contributed by atoms with Crippen LogP contribution in [-0.2, 0) is 14.0 Å². The van der Waals surface area contributed by atoms with E-state index in [2.05, 4.69) is 10.1 Å². The maximum atomic E-state index is 10.6. The van der Waals surface area contributed by atoms with Crippen LogP contribution in [0.15, 0.2) is 11.5 Å². The first-order valence-corrected chi connectivity index (χ1v) is 3.60.